The second-order valence-corrected chi connectivity index (χ2v) is 4.06. The van der Waals surface area contributed by atoms with Crippen LogP contribution in [0.2, 0.25) is 0 Å². The molecule has 6 heteroatoms. The van der Waals surface area contributed by atoms with Crippen molar-refractivity contribution < 1.29 is 4.79 Å². The van der Waals surface area contributed by atoms with Gasteiger partial charge < -0.3 is 11.1 Å². The SMILES string of the molecule is CC(C)C(NC(=O)c1cn[nH]c1)C(N)=S. The van der Waals surface area contributed by atoms with Crippen LogP contribution in [-0.2, 0) is 0 Å². The Kier molecular flexibility index (Phi) is 3.79. The van der Waals surface area contributed by atoms with Gasteiger partial charge in [-0.25, -0.2) is 0 Å². The van der Waals surface area contributed by atoms with Crippen LogP contribution in [0, 0.1) is 5.92 Å². The summed E-state index contributed by atoms with van der Waals surface area (Å²) in [4.78, 5) is 11.9. The summed E-state index contributed by atoms with van der Waals surface area (Å²) in [6.07, 6.45) is 2.97. The molecule has 1 rings (SSSR count). The van der Waals surface area contributed by atoms with Crippen LogP contribution in [0.3, 0.4) is 0 Å². The zero-order valence-corrected chi connectivity index (χ0v) is 9.47. The van der Waals surface area contributed by atoms with Crippen LogP contribution in [0.25, 0.3) is 0 Å². The standard InChI is InChI=1S/C9H14N4OS/c1-5(2)7(8(10)15)13-9(14)6-3-11-12-4-6/h3-5,7H,1-2H3,(H2,10,15)(H,11,12)(H,13,14). The highest BCUT2D eigenvalue weighted by Crippen LogP contribution is 2.04. The summed E-state index contributed by atoms with van der Waals surface area (Å²) >= 11 is 4.88. The Labute approximate surface area is 93.4 Å². The quantitative estimate of drug-likeness (QED) is 0.651. The molecule has 5 nitrogen and oxygen atoms in total. The molecule has 0 spiro atoms. The maximum Gasteiger partial charge on any atom is 0.255 e. The van der Waals surface area contributed by atoms with E-state index in [4.69, 9.17) is 18.0 Å². The van der Waals surface area contributed by atoms with Gasteiger partial charge in [-0.1, -0.05) is 26.1 Å². The molecule has 0 aliphatic carbocycles. The summed E-state index contributed by atoms with van der Waals surface area (Å²) in [5, 5.41) is 9.01. The molecule has 0 aliphatic rings. The fourth-order valence-electron chi connectivity index (χ4n) is 1.17. The number of hydrogen-bond acceptors (Lipinski definition) is 3. The van der Waals surface area contributed by atoms with E-state index in [0.29, 0.717) is 10.6 Å². The lowest BCUT2D eigenvalue weighted by atomic mass is 10.0. The molecule has 0 radical (unpaired) electrons. The number of aromatic amines is 1. The largest absolute Gasteiger partial charge is 0.392 e. The molecule has 0 aromatic carbocycles. The zero-order chi connectivity index (χ0) is 11.4. The van der Waals surface area contributed by atoms with Crippen LogP contribution in [0.4, 0.5) is 0 Å². The number of thiocarbonyl (C=S) groups is 1. The number of rotatable bonds is 4. The number of hydrogen-bond donors (Lipinski definition) is 3. The Morgan fingerprint density at radius 3 is 2.73 bits per heavy atom. The first-order valence-electron chi connectivity index (χ1n) is 4.61. The summed E-state index contributed by atoms with van der Waals surface area (Å²) in [7, 11) is 0. The number of aromatic nitrogens is 2. The summed E-state index contributed by atoms with van der Waals surface area (Å²) in [6.45, 7) is 3.89. The molecule has 1 unspecified atom stereocenters. The first kappa shape index (κ1) is 11.6. The minimum Gasteiger partial charge on any atom is -0.392 e. The van der Waals surface area contributed by atoms with Crippen molar-refractivity contribution >= 4 is 23.1 Å². The highest BCUT2D eigenvalue weighted by molar-refractivity contribution is 7.80. The molecule has 1 amide bonds. The number of carbonyl (C=O) groups is 1. The predicted molar refractivity (Wildman–Crippen MR) is 61.5 cm³/mol. The van der Waals surface area contributed by atoms with E-state index in [1.165, 1.54) is 12.4 Å². The highest BCUT2D eigenvalue weighted by atomic mass is 32.1. The lowest BCUT2D eigenvalue weighted by molar-refractivity contribution is 0.0940. The average Bonchev–Trinajstić information content (AvgIpc) is 2.65. The Hall–Kier alpha value is -1.43. The molecule has 0 saturated heterocycles. The number of nitrogens with zero attached hydrogens (tertiary/aromatic N) is 1. The van der Waals surface area contributed by atoms with Crippen molar-refractivity contribution in [2.75, 3.05) is 0 Å². The van der Waals surface area contributed by atoms with Gasteiger partial charge in [-0.3, -0.25) is 9.89 Å². The van der Waals surface area contributed by atoms with Gasteiger partial charge in [0.15, 0.2) is 0 Å². The van der Waals surface area contributed by atoms with Gasteiger partial charge in [0.25, 0.3) is 5.91 Å². The van der Waals surface area contributed by atoms with E-state index in [0.717, 1.165) is 0 Å². The van der Waals surface area contributed by atoms with E-state index in [-0.39, 0.29) is 17.9 Å². The van der Waals surface area contributed by atoms with Gasteiger partial charge in [0.05, 0.1) is 22.8 Å². The minimum absolute atomic E-state index is 0.165. The summed E-state index contributed by atoms with van der Waals surface area (Å²) in [5.41, 5.74) is 6.00. The van der Waals surface area contributed by atoms with Gasteiger partial charge in [-0.2, -0.15) is 5.10 Å². The Balaban J connectivity index is 2.67. The molecular formula is C9H14N4OS. The van der Waals surface area contributed by atoms with Crippen molar-refractivity contribution in [3.8, 4) is 0 Å². The number of H-pyrrole nitrogens is 1. The van der Waals surface area contributed by atoms with Crippen molar-refractivity contribution in [3.05, 3.63) is 18.0 Å². The number of amides is 1. The smallest absolute Gasteiger partial charge is 0.255 e. The predicted octanol–water partition coefficient (Wildman–Crippen LogP) is 0.450. The van der Waals surface area contributed by atoms with Crippen molar-refractivity contribution in [2.24, 2.45) is 11.7 Å². The number of nitrogens with one attached hydrogen (secondary N) is 2. The molecule has 15 heavy (non-hydrogen) atoms. The second-order valence-electron chi connectivity index (χ2n) is 3.58. The molecule has 0 fully saturated rings. The van der Waals surface area contributed by atoms with Crippen LogP contribution in [0.5, 0.6) is 0 Å². The minimum atomic E-state index is -0.289. The van der Waals surface area contributed by atoms with E-state index < -0.39 is 0 Å². The van der Waals surface area contributed by atoms with E-state index in [1.807, 2.05) is 13.8 Å². The molecule has 1 aromatic rings. The molecule has 4 N–H and O–H groups in total. The van der Waals surface area contributed by atoms with Gasteiger partial charge in [-0.05, 0) is 5.92 Å². The molecule has 1 atom stereocenters. The lowest BCUT2D eigenvalue weighted by Gasteiger charge is -2.20. The normalized spacial score (nSPS) is 12.5. The Morgan fingerprint density at radius 1 is 1.67 bits per heavy atom. The fraction of sp³-hybridized carbons (Fsp3) is 0.444. The molecule has 1 aromatic heterocycles. The lowest BCUT2D eigenvalue weighted by Crippen LogP contribution is -2.46. The Bertz CT molecular complexity index is 347. The van der Waals surface area contributed by atoms with E-state index in [1.54, 1.807) is 0 Å². The third-order valence-electron chi connectivity index (χ3n) is 2.02. The fourth-order valence-corrected chi connectivity index (χ4v) is 1.50. The maximum atomic E-state index is 11.6. The first-order valence-corrected chi connectivity index (χ1v) is 5.02. The van der Waals surface area contributed by atoms with Gasteiger partial charge in [-0.15, -0.1) is 0 Å². The maximum absolute atomic E-state index is 11.6. The van der Waals surface area contributed by atoms with Crippen LogP contribution in [0.15, 0.2) is 12.4 Å². The summed E-state index contributed by atoms with van der Waals surface area (Å²) in [6, 6.07) is -0.289. The van der Waals surface area contributed by atoms with Crippen molar-refractivity contribution in [2.45, 2.75) is 19.9 Å². The van der Waals surface area contributed by atoms with Crippen molar-refractivity contribution in [3.63, 3.8) is 0 Å². The van der Waals surface area contributed by atoms with E-state index >= 15 is 0 Å². The molecule has 1 heterocycles. The van der Waals surface area contributed by atoms with Crippen LogP contribution < -0.4 is 11.1 Å². The molecule has 0 bridgehead atoms. The molecule has 82 valence electrons. The molecule has 0 saturated carbocycles. The second kappa shape index (κ2) is 4.88. The topological polar surface area (TPSA) is 83.8 Å². The van der Waals surface area contributed by atoms with Gasteiger partial charge >= 0.3 is 0 Å². The van der Waals surface area contributed by atoms with Crippen LogP contribution in [-0.4, -0.2) is 27.1 Å². The van der Waals surface area contributed by atoms with E-state index in [9.17, 15) is 4.79 Å². The van der Waals surface area contributed by atoms with Gasteiger partial charge in [0.1, 0.15) is 0 Å². The monoisotopic (exact) mass is 226 g/mol. The number of carbonyl (C=O) groups excluding carboxylic acids is 1. The van der Waals surface area contributed by atoms with E-state index in [2.05, 4.69) is 15.5 Å². The highest BCUT2D eigenvalue weighted by Gasteiger charge is 2.19. The van der Waals surface area contributed by atoms with Gasteiger partial charge in [0.2, 0.25) is 0 Å². The van der Waals surface area contributed by atoms with Gasteiger partial charge in [0, 0.05) is 6.20 Å². The van der Waals surface area contributed by atoms with Crippen molar-refractivity contribution in [1.29, 1.82) is 0 Å². The Morgan fingerprint density at radius 2 is 2.33 bits per heavy atom. The molecule has 0 aliphatic heterocycles. The van der Waals surface area contributed by atoms with Crippen LogP contribution >= 0.6 is 12.2 Å². The summed E-state index contributed by atoms with van der Waals surface area (Å²) < 4.78 is 0. The third-order valence-corrected chi connectivity index (χ3v) is 2.27. The third kappa shape index (κ3) is 3.02. The first-order chi connectivity index (χ1) is 7.02. The number of nitrogens with two attached hydrogens (primary N) is 1. The van der Waals surface area contributed by atoms with Crippen molar-refractivity contribution in [1.82, 2.24) is 15.5 Å². The summed E-state index contributed by atoms with van der Waals surface area (Å²) in [5.74, 6) is -0.0615. The molecular weight excluding hydrogens is 212 g/mol. The van der Waals surface area contributed by atoms with Crippen LogP contribution in [0.1, 0.15) is 24.2 Å². The average molecular weight is 226 g/mol. The zero-order valence-electron chi connectivity index (χ0n) is 8.65.